The molecule has 1 heterocycles. The van der Waals surface area contributed by atoms with Crippen molar-refractivity contribution in [1.29, 1.82) is 0 Å². The summed E-state index contributed by atoms with van der Waals surface area (Å²) in [6.07, 6.45) is 0.941. The molecule has 112 valence electrons. The van der Waals surface area contributed by atoms with Gasteiger partial charge in [0.25, 0.3) is 5.91 Å². The molecule has 6 nitrogen and oxygen atoms in total. The first kappa shape index (κ1) is 15.2. The van der Waals surface area contributed by atoms with Gasteiger partial charge in [0.15, 0.2) is 0 Å². The van der Waals surface area contributed by atoms with E-state index in [1.54, 1.807) is 17.9 Å². The van der Waals surface area contributed by atoms with E-state index in [1.807, 2.05) is 30.3 Å². The minimum atomic E-state index is -0.726. The summed E-state index contributed by atoms with van der Waals surface area (Å²) in [7, 11) is 3.27. The van der Waals surface area contributed by atoms with Crippen molar-refractivity contribution in [3.05, 3.63) is 42.1 Å². The Bertz CT molecular complexity index is 595. The second-order valence-corrected chi connectivity index (χ2v) is 4.75. The first-order chi connectivity index (χ1) is 10.1. The van der Waals surface area contributed by atoms with Crippen LogP contribution in [0.4, 0.5) is 0 Å². The van der Waals surface area contributed by atoms with E-state index < -0.39 is 6.10 Å². The molecule has 1 atom stereocenters. The summed E-state index contributed by atoms with van der Waals surface area (Å²) in [5.41, 5.74) is 1.98. The zero-order valence-electron chi connectivity index (χ0n) is 12.1. The average Bonchev–Trinajstić information content (AvgIpc) is 2.88. The lowest BCUT2D eigenvalue weighted by molar-refractivity contribution is 0.0610. The Balaban J connectivity index is 2.15. The molecule has 0 bridgehead atoms. The molecular formula is C15H19N3O3. The minimum absolute atomic E-state index is 0.135. The van der Waals surface area contributed by atoms with Gasteiger partial charge in [-0.3, -0.25) is 9.48 Å². The fraction of sp³-hybridized carbons (Fsp3) is 0.333. The van der Waals surface area contributed by atoms with Crippen molar-refractivity contribution in [2.24, 2.45) is 7.05 Å². The predicted octanol–water partition coefficient (Wildman–Crippen LogP) is 0.824. The number of aliphatic hydroxyl groups is 1. The number of aromatic nitrogens is 2. The standard InChI is InChI=1S/C15H19N3O3/c1-18-9-13(15(20)16-8-12(19)10-21-2)14(17-18)11-6-4-3-5-7-11/h3-7,9,12,19H,8,10H2,1-2H3,(H,16,20). The molecule has 1 amide bonds. The van der Waals surface area contributed by atoms with Gasteiger partial charge >= 0.3 is 0 Å². The maximum atomic E-state index is 12.2. The molecule has 0 aliphatic carbocycles. The monoisotopic (exact) mass is 289 g/mol. The van der Waals surface area contributed by atoms with Gasteiger partial charge in [-0.2, -0.15) is 5.10 Å². The van der Waals surface area contributed by atoms with Crippen molar-refractivity contribution >= 4 is 5.91 Å². The lowest BCUT2D eigenvalue weighted by Gasteiger charge is -2.10. The number of ether oxygens (including phenoxy) is 1. The number of methoxy groups -OCH3 is 1. The molecule has 2 aromatic rings. The normalized spacial score (nSPS) is 12.1. The number of carbonyl (C=O) groups is 1. The van der Waals surface area contributed by atoms with Crippen LogP contribution in [0.25, 0.3) is 11.3 Å². The van der Waals surface area contributed by atoms with Crippen molar-refractivity contribution in [2.45, 2.75) is 6.10 Å². The molecule has 0 saturated carbocycles. The van der Waals surface area contributed by atoms with E-state index in [0.717, 1.165) is 5.56 Å². The van der Waals surface area contributed by atoms with Crippen LogP contribution in [0.3, 0.4) is 0 Å². The Morgan fingerprint density at radius 2 is 2.14 bits per heavy atom. The SMILES string of the molecule is COCC(O)CNC(=O)c1cn(C)nc1-c1ccccc1. The topological polar surface area (TPSA) is 76.4 Å². The van der Waals surface area contributed by atoms with Crippen molar-refractivity contribution in [1.82, 2.24) is 15.1 Å². The minimum Gasteiger partial charge on any atom is -0.389 e. The summed E-state index contributed by atoms with van der Waals surface area (Å²) in [4.78, 5) is 12.2. The van der Waals surface area contributed by atoms with Gasteiger partial charge in [-0.05, 0) is 0 Å². The molecule has 1 aromatic heterocycles. The highest BCUT2D eigenvalue weighted by molar-refractivity contribution is 5.99. The van der Waals surface area contributed by atoms with Gasteiger partial charge in [0, 0.05) is 32.5 Å². The van der Waals surface area contributed by atoms with E-state index in [-0.39, 0.29) is 19.1 Å². The molecule has 2 N–H and O–H groups in total. The highest BCUT2D eigenvalue weighted by Gasteiger charge is 2.17. The summed E-state index contributed by atoms with van der Waals surface area (Å²) < 4.78 is 6.42. The van der Waals surface area contributed by atoms with E-state index in [1.165, 1.54) is 7.11 Å². The molecule has 2 rings (SSSR count). The number of hydrogen-bond acceptors (Lipinski definition) is 4. The lowest BCUT2D eigenvalue weighted by Crippen LogP contribution is -2.34. The van der Waals surface area contributed by atoms with E-state index >= 15 is 0 Å². The molecule has 0 saturated heterocycles. The number of nitrogens with one attached hydrogen (secondary N) is 1. The van der Waals surface area contributed by atoms with Crippen LogP contribution in [0.5, 0.6) is 0 Å². The largest absolute Gasteiger partial charge is 0.389 e. The Hall–Kier alpha value is -2.18. The Morgan fingerprint density at radius 1 is 1.43 bits per heavy atom. The van der Waals surface area contributed by atoms with Crippen LogP contribution in [0.2, 0.25) is 0 Å². The lowest BCUT2D eigenvalue weighted by atomic mass is 10.1. The molecule has 0 fully saturated rings. The number of amides is 1. The van der Waals surface area contributed by atoms with Crippen molar-refractivity contribution < 1.29 is 14.6 Å². The fourth-order valence-corrected chi connectivity index (χ4v) is 2.02. The van der Waals surface area contributed by atoms with Gasteiger partial charge in [0.1, 0.15) is 5.69 Å². The van der Waals surface area contributed by atoms with Crippen LogP contribution in [-0.2, 0) is 11.8 Å². The van der Waals surface area contributed by atoms with Crippen LogP contribution in [0, 0.1) is 0 Å². The predicted molar refractivity (Wildman–Crippen MR) is 78.9 cm³/mol. The molecule has 0 aliphatic heterocycles. The molecule has 0 radical (unpaired) electrons. The molecular weight excluding hydrogens is 270 g/mol. The third-order valence-corrected chi connectivity index (χ3v) is 2.98. The maximum Gasteiger partial charge on any atom is 0.255 e. The van der Waals surface area contributed by atoms with Crippen LogP contribution in [0.1, 0.15) is 10.4 Å². The Kier molecular flexibility index (Phi) is 5.08. The second-order valence-electron chi connectivity index (χ2n) is 4.75. The maximum absolute atomic E-state index is 12.2. The second kappa shape index (κ2) is 7.01. The van der Waals surface area contributed by atoms with Gasteiger partial charge in [0.05, 0.1) is 18.3 Å². The molecule has 0 aliphatic rings. The number of nitrogens with zero attached hydrogens (tertiary/aromatic N) is 2. The van der Waals surface area contributed by atoms with E-state index in [0.29, 0.717) is 11.3 Å². The van der Waals surface area contributed by atoms with Gasteiger partial charge in [-0.1, -0.05) is 30.3 Å². The summed E-state index contributed by atoms with van der Waals surface area (Å²) in [5, 5.41) is 16.6. The molecule has 0 spiro atoms. The van der Waals surface area contributed by atoms with Crippen LogP contribution in [0.15, 0.2) is 36.5 Å². The van der Waals surface area contributed by atoms with E-state index in [2.05, 4.69) is 10.4 Å². The fourth-order valence-electron chi connectivity index (χ4n) is 2.02. The molecule has 6 heteroatoms. The molecule has 1 aromatic carbocycles. The van der Waals surface area contributed by atoms with Crippen molar-refractivity contribution in [2.75, 3.05) is 20.3 Å². The quantitative estimate of drug-likeness (QED) is 0.825. The number of carbonyl (C=O) groups excluding carboxylic acids is 1. The molecule has 1 unspecified atom stereocenters. The van der Waals surface area contributed by atoms with Crippen molar-refractivity contribution in [3.8, 4) is 11.3 Å². The summed E-state index contributed by atoms with van der Waals surface area (Å²) in [6.45, 7) is 0.314. The van der Waals surface area contributed by atoms with Crippen molar-refractivity contribution in [3.63, 3.8) is 0 Å². The summed E-state index contributed by atoms with van der Waals surface area (Å²) >= 11 is 0. The van der Waals surface area contributed by atoms with E-state index in [9.17, 15) is 9.90 Å². The van der Waals surface area contributed by atoms with Crippen LogP contribution < -0.4 is 5.32 Å². The Morgan fingerprint density at radius 3 is 2.81 bits per heavy atom. The number of hydrogen-bond donors (Lipinski definition) is 2. The average molecular weight is 289 g/mol. The van der Waals surface area contributed by atoms with Gasteiger partial charge in [-0.25, -0.2) is 0 Å². The first-order valence-corrected chi connectivity index (χ1v) is 6.66. The highest BCUT2D eigenvalue weighted by Crippen LogP contribution is 2.21. The molecule has 21 heavy (non-hydrogen) atoms. The highest BCUT2D eigenvalue weighted by atomic mass is 16.5. The number of aliphatic hydroxyl groups excluding tert-OH is 1. The van der Waals surface area contributed by atoms with Crippen LogP contribution in [-0.4, -0.2) is 47.2 Å². The van der Waals surface area contributed by atoms with Gasteiger partial charge in [-0.15, -0.1) is 0 Å². The van der Waals surface area contributed by atoms with E-state index in [4.69, 9.17) is 4.74 Å². The first-order valence-electron chi connectivity index (χ1n) is 6.66. The van der Waals surface area contributed by atoms with Gasteiger partial charge < -0.3 is 15.2 Å². The number of rotatable bonds is 6. The number of aryl methyl sites for hydroxylation is 1. The summed E-state index contributed by atoms with van der Waals surface area (Å²) in [5.74, 6) is -0.267. The summed E-state index contributed by atoms with van der Waals surface area (Å²) in [6, 6.07) is 9.51. The third kappa shape index (κ3) is 3.90. The number of benzene rings is 1. The third-order valence-electron chi connectivity index (χ3n) is 2.98. The van der Waals surface area contributed by atoms with Gasteiger partial charge in [0.2, 0.25) is 0 Å². The Labute approximate surface area is 123 Å². The zero-order valence-corrected chi connectivity index (χ0v) is 12.1. The van der Waals surface area contributed by atoms with Crippen LogP contribution >= 0.6 is 0 Å². The smallest absolute Gasteiger partial charge is 0.255 e. The zero-order chi connectivity index (χ0) is 15.2.